The van der Waals surface area contributed by atoms with Crippen LogP contribution in [0.3, 0.4) is 0 Å². The van der Waals surface area contributed by atoms with Gasteiger partial charge in [0.2, 0.25) is 11.8 Å². The molecule has 0 spiro atoms. The quantitative estimate of drug-likeness (QED) is 0.427. The molecule has 7 atom stereocenters. The molecule has 202 valence electrons. The summed E-state index contributed by atoms with van der Waals surface area (Å²) in [6.45, 7) is 4.17. The Balaban J connectivity index is 1.40. The monoisotopic (exact) mass is 528 g/mol. The summed E-state index contributed by atoms with van der Waals surface area (Å²) in [5, 5.41) is 5.33. The Morgan fingerprint density at radius 1 is 0.973 bits per heavy atom. The maximum absolute atomic E-state index is 13.6. The lowest BCUT2D eigenvalue weighted by Gasteiger charge is -2.58. The number of fused-ring (bicyclic) bond motifs is 5. The van der Waals surface area contributed by atoms with E-state index in [2.05, 4.69) is 17.6 Å². The van der Waals surface area contributed by atoms with Crippen LogP contribution in [0.1, 0.15) is 63.5 Å². The molecule has 5 rings (SSSR count). The normalized spacial score (nSPS) is 37.3. The Morgan fingerprint density at radius 2 is 1.70 bits per heavy atom. The first-order chi connectivity index (χ1) is 17.1. The fourth-order valence-electron chi connectivity index (χ4n) is 8.06. The highest BCUT2D eigenvalue weighted by Gasteiger charge is 2.61. The van der Waals surface area contributed by atoms with Gasteiger partial charge in [0.1, 0.15) is 0 Å². The van der Waals surface area contributed by atoms with Crippen LogP contribution in [-0.2, 0) is 21.9 Å². The molecule has 2 unspecified atom stereocenters. The third-order valence-corrected chi connectivity index (χ3v) is 9.91. The molecular formula is C27H30F6N2O2. The molecule has 0 saturated heterocycles. The van der Waals surface area contributed by atoms with Crippen LogP contribution < -0.4 is 10.6 Å². The van der Waals surface area contributed by atoms with Gasteiger partial charge in [0.15, 0.2) is 0 Å². The highest BCUT2D eigenvalue weighted by molar-refractivity contribution is 5.94. The van der Waals surface area contributed by atoms with Crippen LogP contribution >= 0.6 is 0 Å². The SMILES string of the molecule is C[C@]12C=CC(=O)NC1CC[C@@H]1[C@H]2CC[C@]2(C)C(C(=O)Nc3cc(C(F)(F)F)ccc3C(F)(F)F)CC[C@@H]12. The Hall–Kier alpha value is -2.52. The zero-order valence-corrected chi connectivity index (χ0v) is 20.6. The topological polar surface area (TPSA) is 58.2 Å². The number of rotatable bonds is 2. The van der Waals surface area contributed by atoms with E-state index in [0.717, 1.165) is 25.7 Å². The lowest BCUT2D eigenvalue weighted by Crippen LogP contribution is -2.59. The van der Waals surface area contributed by atoms with Gasteiger partial charge in [-0.1, -0.05) is 19.9 Å². The summed E-state index contributed by atoms with van der Waals surface area (Å²) in [6, 6.07) is 1.18. The summed E-state index contributed by atoms with van der Waals surface area (Å²) in [6.07, 6.45) is -1.73. The largest absolute Gasteiger partial charge is 0.418 e. The number of carbonyl (C=O) groups excluding carboxylic acids is 2. The van der Waals surface area contributed by atoms with Gasteiger partial charge in [-0.25, -0.2) is 0 Å². The lowest BCUT2D eigenvalue weighted by atomic mass is 9.48. The smallest absolute Gasteiger partial charge is 0.349 e. The Bertz CT molecular complexity index is 1140. The van der Waals surface area contributed by atoms with Gasteiger partial charge < -0.3 is 10.6 Å². The van der Waals surface area contributed by atoms with Gasteiger partial charge in [-0.3, -0.25) is 9.59 Å². The van der Waals surface area contributed by atoms with E-state index >= 15 is 0 Å². The average Bonchev–Trinajstić information content (AvgIpc) is 3.15. The van der Waals surface area contributed by atoms with E-state index in [4.69, 9.17) is 0 Å². The van der Waals surface area contributed by atoms with E-state index in [1.165, 1.54) is 0 Å². The zero-order chi connectivity index (χ0) is 27.0. The third kappa shape index (κ3) is 4.24. The van der Waals surface area contributed by atoms with Crippen LogP contribution in [0.5, 0.6) is 0 Å². The third-order valence-electron chi connectivity index (χ3n) is 9.91. The predicted molar refractivity (Wildman–Crippen MR) is 124 cm³/mol. The number of benzene rings is 1. The fraction of sp³-hybridized carbons (Fsp3) is 0.630. The number of alkyl halides is 6. The number of nitrogens with one attached hydrogen (secondary N) is 2. The standard InChI is InChI=1S/C27H30F6N2O2/c1-24-11-9-17-15(4-8-21-25(17,2)12-10-22(36)35-21)16(24)6-7-19(24)23(37)34-20-13-14(26(28,29)30)3-5-18(20)27(31,32)33/h3,5,10,12-13,15-17,19,21H,4,6-9,11H2,1-2H3,(H,34,37)(H,35,36)/t15-,16-,17+,19?,21?,24-,25+/m0/s1. The van der Waals surface area contributed by atoms with Crippen LogP contribution in [0.2, 0.25) is 0 Å². The fourth-order valence-corrected chi connectivity index (χ4v) is 8.06. The van der Waals surface area contributed by atoms with Crippen molar-refractivity contribution >= 4 is 17.5 Å². The van der Waals surface area contributed by atoms with Crippen molar-refractivity contribution in [2.75, 3.05) is 5.32 Å². The van der Waals surface area contributed by atoms with Crippen LogP contribution in [0, 0.1) is 34.5 Å². The summed E-state index contributed by atoms with van der Waals surface area (Å²) in [7, 11) is 0. The Labute approximate surface area is 211 Å². The second-order valence-corrected chi connectivity index (χ2v) is 11.6. The molecule has 1 heterocycles. The van der Waals surface area contributed by atoms with E-state index in [9.17, 15) is 35.9 Å². The summed E-state index contributed by atoms with van der Waals surface area (Å²) >= 11 is 0. The molecule has 0 radical (unpaired) electrons. The van der Waals surface area contributed by atoms with Crippen LogP contribution in [0.15, 0.2) is 30.4 Å². The highest BCUT2D eigenvalue weighted by Crippen LogP contribution is 2.65. The predicted octanol–water partition coefficient (Wildman–Crippen LogP) is 6.58. The second-order valence-electron chi connectivity index (χ2n) is 11.6. The minimum atomic E-state index is -4.91. The first-order valence-corrected chi connectivity index (χ1v) is 12.7. The molecule has 1 aromatic carbocycles. The number of hydrogen-bond acceptors (Lipinski definition) is 2. The average molecular weight is 529 g/mol. The van der Waals surface area contributed by atoms with Crippen LogP contribution in [-0.4, -0.2) is 17.9 Å². The minimum absolute atomic E-state index is 0.0535. The molecule has 10 heteroatoms. The van der Waals surface area contributed by atoms with Gasteiger partial charge in [-0.2, -0.15) is 26.3 Å². The second kappa shape index (κ2) is 8.50. The molecule has 3 aliphatic carbocycles. The highest BCUT2D eigenvalue weighted by atomic mass is 19.4. The van der Waals surface area contributed by atoms with Gasteiger partial charge >= 0.3 is 12.4 Å². The van der Waals surface area contributed by atoms with Crippen molar-refractivity contribution in [2.45, 2.75) is 70.8 Å². The Morgan fingerprint density at radius 3 is 2.38 bits per heavy atom. The van der Waals surface area contributed by atoms with Crippen molar-refractivity contribution < 1.29 is 35.9 Å². The maximum atomic E-state index is 13.6. The molecular weight excluding hydrogens is 498 g/mol. The molecule has 2 amide bonds. The molecule has 2 N–H and O–H groups in total. The summed E-state index contributed by atoms with van der Waals surface area (Å²) in [4.78, 5) is 25.3. The first kappa shape index (κ1) is 26.1. The number of hydrogen-bond donors (Lipinski definition) is 2. The summed E-state index contributed by atoms with van der Waals surface area (Å²) in [5.41, 5.74) is -4.06. The maximum Gasteiger partial charge on any atom is 0.418 e. The van der Waals surface area contributed by atoms with E-state index in [-0.39, 0.29) is 23.3 Å². The van der Waals surface area contributed by atoms with Crippen molar-refractivity contribution in [3.8, 4) is 0 Å². The zero-order valence-electron chi connectivity index (χ0n) is 20.6. The molecule has 4 nitrogen and oxygen atoms in total. The van der Waals surface area contributed by atoms with Crippen molar-refractivity contribution in [3.05, 3.63) is 41.5 Å². The number of amides is 2. The van der Waals surface area contributed by atoms with Gasteiger partial charge in [-0.15, -0.1) is 0 Å². The first-order valence-electron chi connectivity index (χ1n) is 12.7. The van der Waals surface area contributed by atoms with Crippen LogP contribution in [0.25, 0.3) is 0 Å². The molecule has 37 heavy (non-hydrogen) atoms. The Kier molecular flexibility index (Phi) is 5.99. The van der Waals surface area contributed by atoms with E-state index in [0.29, 0.717) is 42.9 Å². The van der Waals surface area contributed by atoms with E-state index < -0.39 is 46.4 Å². The van der Waals surface area contributed by atoms with E-state index in [1.807, 2.05) is 13.0 Å². The molecule has 0 aromatic heterocycles. The number of halogens is 6. The number of carbonyl (C=O) groups is 2. The van der Waals surface area contributed by atoms with Gasteiger partial charge in [0, 0.05) is 17.4 Å². The van der Waals surface area contributed by atoms with Gasteiger partial charge in [0.05, 0.1) is 16.8 Å². The molecule has 4 aliphatic rings. The molecule has 3 saturated carbocycles. The molecule has 1 aromatic rings. The van der Waals surface area contributed by atoms with Crippen molar-refractivity contribution in [1.82, 2.24) is 5.32 Å². The molecule has 1 aliphatic heterocycles. The van der Waals surface area contributed by atoms with Crippen molar-refractivity contribution in [3.63, 3.8) is 0 Å². The lowest BCUT2D eigenvalue weighted by molar-refractivity contribution is -0.141. The molecule has 0 bridgehead atoms. The minimum Gasteiger partial charge on any atom is -0.349 e. The van der Waals surface area contributed by atoms with Crippen molar-refractivity contribution in [2.24, 2.45) is 34.5 Å². The van der Waals surface area contributed by atoms with Gasteiger partial charge in [0.25, 0.3) is 0 Å². The van der Waals surface area contributed by atoms with E-state index in [1.54, 1.807) is 6.08 Å². The number of anilines is 1. The van der Waals surface area contributed by atoms with Crippen LogP contribution in [0.4, 0.5) is 32.0 Å². The van der Waals surface area contributed by atoms with Crippen molar-refractivity contribution in [1.29, 1.82) is 0 Å². The summed E-state index contributed by atoms with van der Waals surface area (Å²) < 4.78 is 80.4. The molecule has 3 fully saturated rings. The summed E-state index contributed by atoms with van der Waals surface area (Å²) in [5.74, 6) is -0.555. The van der Waals surface area contributed by atoms with Gasteiger partial charge in [-0.05, 0) is 86.0 Å².